The van der Waals surface area contributed by atoms with Crippen LogP contribution in [0, 0.1) is 0 Å². The van der Waals surface area contributed by atoms with Crippen molar-refractivity contribution in [2.24, 2.45) is 0 Å². The maximum Gasteiger partial charge on any atom is 0.275 e. The lowest BCUT2D eigenvalue weighted by Crippen LogP contribution is -2.16. The second-order valence-electron chi connectivity index (χ2n) is 4.55. The molecular formula is C14H15BrN4O. The Balaban J connectivity index is 2.03. The second kappa shape index (κ2) is 6.47. The number of carbonyl (C=O) groups is 1. The molecule has 0 aliphatic carbocycles. The minimum Gasteiger partial charge on any atom is -0.367 e. The van der Waals surface area contributed by atoms with Crippen molar-refractivity contribution in [3.05, 3.63) is 46.8 Å². The average molecular weight is 335 g/mol. The molecule has 1 heterocycles. The SMILES string of the molecule is CC(C)Nc1cnc(C(=O)Nc2ccc(Br)cc2)cn1. The van der Waals surface area contributed by atoms with Crippen molar-refractivity contribution in [3.63, 3.8) is 0 Å². The van der Waals surface area contributed by atoms with Gasteiger partial charge in [0.2, 0.25) is 0 Å². The Morgan fingerprint density at radius 2 is 1.85 bits per heavy atom. The molecule has 0 saturated heterocycles. The van der Waals surface area contributed by atoms with Crippen LogP contribution >= 0.6 is 15.9 Å². The number of hydrogen-bond donors (Lipinski definition) is 2. The predicted molar refractivity (Wildman–Crippen MR) is 82.9 cm³/mol. The number of anilines is 2. The van der Waals surface area contributed by atoms with E-state index in [1.807, 2.05) is 38.1 Å². The first kappa shape index (κ1) is 14.5. The molecule has 20 heavy (non-hydrogen) atoms. The molecule has 0 atom stereocenters. The monoisotopic (exact) mass is 334 g/mol. The molecule has 0 fully saturated rings. The number of aromatic nitrogens is 2. The highest BCUT2D eigenvalue weighted by Crippen LogP contribution is 2.14. The molecule has 1 aromatic heterocycles. The second-order valence-corrected chi connectivity index (χ2v) is 5.46. The molecule has 2 N–H and O–H groups in total. The number of nitrogens with zero attached hydrogens (tertiary/aromatic N) is 2. The predicted octanol–water partition coefficient (Wildman–Crippen LogP) is 3.31. The highest BCUT2D eigenvalue weighted by atomic mass is 79.9. The molecule has 0 aliphatic rings. The Bertz CT molecular complexity index is 581. The molecule has 0 aliphatic heterocycles. The number of nitrogens with one attached hydrogen (secondary N) is 2. The van der Waals surface area contributed by atoms with Gasteiger partial charge in [-0.1, -0.05) is 15.9 Å². The standard InChI is InChI=1S/C14H15BrN4O/c1-9(2)18-13-8-16-12(7-17-13)14(20)19-11-5-3-10(15)4-6-11/h3-9H,1-2H3,(H,17,18)(H,19,20). The molecule has 0 saturated carbocycles. The summed E-state index contributed by atoms with van der Waals surface area (Å²) < 4.78 is 0.958. The first-order chi connectivity index (χ1) is 9.54. The summed E-state index contributed by atoms with van der Waals surface area (Å²) in [5, 5.41) is 5.88. The van der Waals surface area contributed by atoms with E-state index in [-0.39, 0.29) is 17.6 Å². The summed E-state index contributed by atoms with van der Waals surface area (Å²) in [6.45, 7) is 4.02. The molecule has 2 rings (SSSR count). The van der Waals surface area contributed by atoms with Gasteiger partial charge >= 0.3 is 0 Å². The Kier molecular flexibility index (Phi) is 4.68. The molecule has 2 aromatic rings. The maximum atomic E-state index is 12.0. The molecule has 0 radical (unpaired) electrons. The molecule has 6 heteroatoms. The van der Waals surface area contributed by atoms with Crippen molar-refractivity contribution < 1.29 is 4.79 Å². The summed E-state index contributed by atoms with van der Waals surface area (Å²) >= 11 is 3.34. The van der Waals surface area contributed by atoms with E-state index in [1.54, 1.807) is 6.20 Å². The van der Waals surface area contributed by atoms with Gasteiger partial charge in [-0.25, -0.2) is 9.97 Å². The van der Waals surface area contributed by atoms with E-state index in [0.717, 1.165) is 4.47 Å². The zero-order chi connectivity index (χ0) is 14.5. The number of hydrogen-bond acceptors (Lipinski definition) is 4. The average Bonchev–Trinajstić information content (AvgIpc) is 2.41. The lowest BCUT2D eigenvalue weighted by Gasteiger charge is -2.09. The molecule has 1 aromatic carbocycles. The van der Waals surface area contributed by atoms with Crippen molar-refractivity contribution in [2.45, 2.75) is 19.9 Å². The van der Waals surface area contributed by atoms with Crippen LogP contribution in [0.15, 0.2) is 41.1 Å². The van der Waals surface area contributed by atoms with Gasteiger partial charge in [0.1, 0.15) is 11.5 Å². The summed E-state index contributed by atoms with van der Waals surface area (Å²) in [6, 6.07) is 7.61. The van der Waals surface area contributed by atoms with Crippen LogP contribution in [0.1, 0.15) is 24.3 Å². The Morgan fingerprint density at radius 1 is 1.15 bits per heavy atom. The third-order valence-electron chi connectivity index (χ3n) is 2.42. The number of benzene rings is 1. The van der Waals surface area contributed by atoms with E-state index in [1.165, 1.54) is 6.20 Å². The molecule has 5 nitrogen and oxygen atoms in total. The molecule has 0 unspecified atom stereocenters. The molecule has 0 spiro atoms. The summed E-state index contributed by atoms with van der Waals surface area (Å²) in [5.41, 5.74) is 0.992. The van der Waals surface area contributed by atoms with E-state index < -0.39 is 0 Å². The third-order valence-corrected chi connectivity index (χ3v) is 2.95. The van der Waals surface area contributed by atoms with Crippen LogP contribution in [0.4, 0.5) is 11.5 Å². The molecule has 104 valence electrons. The fourth-order valence-corrected chi connectivity index (χ4v) is 1.81. The lowest BCUT2D eigenvalue weighted by molar-refractivity contribution is 0.102. The van der Waals surface area contributed by atoms with Crippen molar-refractivity contribution in [2.75, 3.05) is 10.6 Å². The van der Waals surface area contributed by atoms with Gasteiger partial charge in [-0.3, -0.25) is 4.79 Å². The fraction of sp³-hybridized carbons (Fsp3) is 0.214. The first-order valence-electron chi connectivity index (χ1n) is 6.20. The van der Waals surface area contributed by atoms with E-state index in [0.29, 0.717) is 11.5 Å². The van der Waals surface area contributed by atoms with E-state index in [2.05, 4.69) is 36.5 Å². The summed E-state index contributed by atoms with van der Waals surface area (Å²) in [6.07, 6.45) is 3.01. The minimum absolute atomic E-state index is 0.270. The van der Waals surface area contributed by atoms with E-state index in [9.17, 15) is 4.79 Å². The normalized spacial score (nSPS) is 10.4. The number of amides is 1. The number of carbonyl (C=O) groups excluding carboxylic acids is 1. The lowest BCUT2D eigenvalue weighted by atomic mass is 10.3. The first-order valence-corrected chi connectivity index (χ1v) is 6.99. The van der Waals surface area contributed by atoms with Crippen molar-refractivity contribution >= 4 is 33.3 Å². The Morgan fingerprint density at radius 3 is 2.40 bits per heavy atom. The van der Waals surface area contributed by atoms with Gasteiger partial charge in [-0.15, -0.1) is 0 Å². The summed E-state index contributed by atoms with van der Waals surface area (Å²) in [7, 11) is 0. The van der Waals surface area contributed by atoms with Crippen LogP contribution in [0.5, 0.6) is 0 Å². The highest BCUT2D eigenvalue weighted by Gasteiger charge is 2.08. The van der Waals surface area contributed by atoms with Gasteiger partial charge in [0.25, 0.3) is 5.91 Å². The largest absolute Gasteiger partial charge is 0.367 e. The topological polar surface area (TPSA) is 66.9 Å². The van der Waals surface area contributed by atoms with Crippen LogP contribution in [0.3, 0.4) is 0 Å². The van der Waals surface area contributed by atoms with Gasteiger partial charge in [0, 0.05) is 16.2 Å². The van der Waals surface area contributed by atoms with Crippen LogP contribution in [-0.4, -0.2) is 21.9 Å². The summed E-state index contributed by atoms with van der Waals surface area (Å²) in [5.74, 6) is 0.371. The van der Waals surface area contributed by atoms with Crippen LogP contribution < -0.4 is 10.6 Å². The fourth-order valence-electron chi connectivity index (χ4n) is 1.54. The Labute approximate surface area is 126 Å². The zero-order valence-electron chi connectivity index (χ0n) is 11.2. The van der Waals surface area contributed by atoms with Crippen LogP contribution in [0.25, 0.3) is 0 Å². The van der Waals surface area contributed by atoms with Gasteiger partial charge in [0.05, 0.1) is 12.4 Å². The third kappa shape index (κ3) is 4.03. The van der Waals surface area contributed by atoms with Gasteiger partial charge in [-0.2, -0.15) is 0 Å². The van der Waals surface area contributed by atoms with E-state index in [4.69, 9.17) is 0 Å². The summed E-state index contributed by atoms with van der Waals surface area (Å²) in [4.78, 5) is 20.2. The molecule has 1 amide bonds. The highest BCUT2D eigenvalue weighted by molar-refractivity contribution is 9.10. The van der Waals surface area contributed by atoms with Crippen molar-refractivity contribution in [1.82, 2.24) is 9.97 Å². The van der Waals surface area contributed by atoms with Crippen molar-refractivity contribution in [1.29, 1.82) is 0 Å². The van der Waals surface area contributed by atoms with Gasteiger partial charge in [-0.05, 0) is 38.1 Å². The number of rotatable bonds is 4. The maximum absolute atomic E-state index is 12.0. The smallest absolute Gasteiger partial charge is 0.275 e. The molecule has 0 bridgehead atoms. The quantitative estimate of drug-likeness (QED) is 0.900. The number of halogens is 1. The molecular weight excluding hydrogens is 320 g/mol. The van der Waals surface area contributed by atoms with Crippen molar-refractivity contribution in [3.8, 4) is 0 Å². The van der Waals surface area contributed by atoms with Crippen LogP contribution in [-0.2, 0) is 0 Å². The zero-order valence-corrected chi connectivity index (χ0v) is 12.8. The van der Waals surface area contributed by atoms with Gasteiger partial charge in [0.15, 0.2) is 0 Å². The van der Waals surface area contributed by atoms with Gasteiger partial charge < -0.3 is 10.6 Å². The van der Waals surface area contributed by atoms with E-state index >= 15 is 0 Å². The Hall–Kier alpha value is -1.95. The minimum atomic E-state index is -0.282. The van der Waals surface area contributed by atoms with Crippen LogP contribution in [0.2, 0.25) is 0 Å².